The van der Waals surface area contributed by atoms with Crippen LogP contribution in [-0.2, 0) is 14.4 Å². The summed E-state index contributed by atoms with van der Waals surface area (Å²) < 4.78 is 0. The summed E-state index contributed by atoms with van der Waals surface area (Å²) in [5, 5.41) is 14.0. The molecular weight excluding hydrogens is 224 g/mol. The minimum atomic E-state index is -1.01. The number of hydrogen-bond donors (Lipinski definition) is 3. The molecule has 6 heteroatoms. The van der Waals surface area contributed by atoms with Crippen LogP contribution in [-0.4, -0.2) is 35.0 Å². The normalized spacial score (nSPS) is 25.2. The van der Waals surface area contributed by atoms with Gasteiger partial charge in [0.25, 0.3) is 0 Å². The predicted molar refractivity (Wildman–Crippen MR) is 58.1 cm³/mol. The molecule has 0 unspecified atom stereocenters. The molecule has 94 valence electrons. The van der Waals surface area contributed by atoms with Crippen LogP contribution in [0.5, 0.6) is 0 Å². The smallest absolute Gasteiger partial charge is 0.326 e. The first-order valence-corrected chi connectivity index (χ1v) is 5.89. The second kappa shape index (κ2) is 4.73. The number of hydrogen-bond acceptors (Lipinski definition) is 3. The fourth-order valence-electron chi connectivity index (χ4n) is 1.99. The Morgan fingerprint density at radius 2 is 2.12 bits per heavy atom. The molecule has 0 radical (unpaired) electrons. The monoisotopic (exact) mass is 240 g/mol. The Labute approximate surface area is 98.8 Å². The Morgan fingerprint density at radius 3 is 2.59 bits per heavy atom. The van der Waals surface area contributed by atoms with Crippen LogP contribution in [0.2, 0.25) is 0 Å². The number of nitrogens with one attached hydrogen (secondary N) is 2. The first-order chi connectivity index (χ1) is 8.06. The lowest BCUT2D eigenvalue weighted by atomic mass is 10.1. The van der Waals surface area contributed by atoms with E-state index < -0.39 is 18.1 Å². The number of carboxylic acid groups (broad SMARTS) is 1. The van der Waals surface area contributed by atoms with E-state index in [-0.39, 0.29) is 11.8 Å². The molecule has 0 bridgehead atoms. The lowest BCUT2D eigenvalue weighted by molar-refractivity contribution is -0.142. The highest BCUT2D eigenvalue weighted by Gasteiger charge is 2.33. The third kappa shape index (κ3) is 3.18. The van der Waals surface area contributed by atoms with Crippen molar-refractivity contribution in [1.82, 2.24) is 10.6 Å². The summed E-state index contributed by atoms with van der Waals surface area (Å²) in [5.41, 5.74) is 0. The highest BCUT2D eigenvalue weighted by molar-refractivity contribution is 5.92. The van der Waals surface area contributed by atoms with Gasteiger partial charge in [0.05, 0.1) is 0 Å². The average Bonchev–Trinajstić information content (AvgIpc) is 2.97. The first kappa shape index (κ1) is 11.9. The molecule has 1 aliphatic carbocycles. The summed E-state index contributed by atoms with van der Waals surface area (Å²) >= 11 is 0. The van der Waals surface area contributed by atoms with Crippen molar-refractivity contribution in [3.05, 3.63) is 0 Å². The van der Waals surface area contributed by atoms with Crippen molar-refractivity contribution in [3.8, 4) is 0 Å². The fourth-order valence-corrected chi connectivity index (χ4v) is 1.99. The van der Waals surface area contributed by atoms with E-state index in [1.165, 1.54) is 0 Å². The van der Waals surface area contributed by atoms with Crippen molar-refractivity contribution in [1.29, 1.82) is 0 Å². The maximum atomic E-state index is 11.7. The Hall–Kier alpha value is -1.59. The minimum absolute atomic E-state index is 0.154. The summed E-state index contributed by atoms with van der Waals surface area (Å²) in [5.74, 6) is -1.12. The zero-order valence-electron chi connectivity index (χ0n) is 9.44. The highest BCUT2D eigenvalue weighted by Crippen LogP contribution is 2.33. The molecule has 1 heterocycles. The molecule has 2 fully saturated rings. The predicted octanol–water partition coefficient (Wildman–Crippen LogP) is -0.365. The van der Waals surface area contributed by atoms with Crippen LogP contribution in [0, 0.1) is 5.92 Å². The Morgan fingerprint density at radius 1 is 1.41 bits per heavy atom. The zero-order valence-corrected chi connectivity index (χ0v) is 9.44. The maximum Gasteiger partial charge on any atom is 0.326 e. The Kier molecular flexibility index (Phi) is 3.31. The number of carboxylic acids is 1. The van der Waals surface area contributed by atoms with E-state index in [4.69, 9.17) is 5.11 Å². The molecule has 0 aromatic heterocycles. The van der Waals surface area contributed by atoms with Crippen LogP contribution in [0.3, 0.4) is 0 Å². The summed E-state index contributed by atoms with van der Waals surface area (Å²) in [4.78, 5) is 33.7. The van der Waals surface area contributed by atoms with Crippen molar-refractivity contribution in [2.24, 2.45) is 5.92 Å². The quantitative estimate of drug-likeness (QED) is 0.611. The minimum Gasteiger partial charge on any atom is -0.480 e. The van der Waals surface area contributed by atoms with Crippen LogP contribution >= 0.6 is 0 Å². The van der Waals surface area contributed by atoms with Gasteiger partial charge in [-0.25, -0.2) is 4.79 Å². The van der Waals surface area contributed by atoms with E-state index in [2.05, 4.69) is 10.6 Å². The van der Waals surface area contributed by atoms with Crippen LogP contribution in [0.1, 0.15) is 32.1 Å². The van der Waals surface area contributed by atoms with Gasteiger partial charge >= 0.3 is 5.97 Å². The molecule has 0 aromatic rings. The first-order valence-electron chi connectivity index (χ1n) is 5.89. The van der Waals surface area contributed by atoms with Crippen molar-refractivity contribution < 1.29 is 19.5 Å². The Balaban J connectivity index is 1.85. The van der Waals surface area contributed by atoms with Crippen LogP contribution in [0.4, 0.5) is 0 Å². The van der Waals surface area contributed by atoms with E-state index in [1.54, 1.807) is 0 Å². The highest BCUT2D eigenvalue weighted by atomic mass is 16.4. The lowest BCUT2D eigenvalue weighted by Crippen LogP contribution is -2.48. The van der Waals surface area contributed by atoms with Gasteiger partial charge in [0.1, 0.15) is 12.1 Å². The molecule has 17 heavy (non-hydrogen) atoms. The second-order valence-corrected chi connectivity index (χ2v) is 4.74. The van der Waals surface area contributed by atoms with Gasteiger partial charge in [0.2, 0.25) is 11.8 Å². The van der Waals surface area contributed by atoms with E-state index in [0.29, 0.717) is 25.2 Å². The summed E-state index contributed by atoms with van der Waals surface area (Å²) in [6.07, 6.45) is 3.35. The van der Waals surface area contributed by atoms with Gasteiger partial charge in [0.15, 0.2) is 0 Å². The van der Waals surface area contributed by atoms with Gasteiger partial charge in [0, 0.05) is 6.42 Å². The molecule has 1 saturated carbocycles. The third-order valence-electron chi connectivity index (χ3n) is 3.19. The van der Waals surface area contributed by atoms with Crippen LogP contribution in [0.15, 0.2) is 0 Å². The standard InChI is InChI=1S/C11H16N2O4/c14-9-4-3-7(12-9)10(15)13-8(11(16)17)5-6-1-2-6/h6-8H,1-5H2,(H,12,14)(H,13,15)(H,16,17)/t7-,8+/m0/s1. The molecule has 0 spiro atoms. The summed E-state index contributed by atoms with van der Waals surface area (Å²) in [6, 6.07) is -1.39. The Bertz CT molecular complexity index is 351. The van der Waals surface area contributed by atoms with E-state index in [9.17, 15) is 14.4 Å². The molecule has 2 amide bonds. The second-order valence-electron chi connectivity index (χ2n) is 4.74. The fraction of sp³-hybridized carbons (Fsp3) is 0.727. The number of rotatable bonds is 5. The lowest BCUT2D eigenvalue weighted by Gasteiger charge is -2.17. The molecule has 2 atom stereocenters. The molecule has 6 nitrogen and oxygen atoms in total. The molecule has 2 aliphatic rings. The summed E-state index contributed by atoms with van der Waals surface area (Å²) in [7, 11) is 0. The maximum absolute atomic E-state index is 11.7. The molecular formula is C11H16N2O4. The number of aliphatic carboxylic acids is 1. The molecule has 0 aromatic carbocycles. The molecule has 3 N–H and O–H groups in total. The number of amides is 2. The third-order valence-corrected chi connectivity index (χ3v) is 3.19. The van der Waals surface area contributed by atoms with Gasteiger partial charge in [-0.1, -0.05) is 12.8 Å². The van der Waals surface area contributed by atoms with Gasteiger partial charge in [-0.15, -0.1) is 0 Å². The van der Waals surface area contributed by atoms with Crippen LogP contribution in [0.25, 0.3) is 0 Å². The van der Waals surface area contributed by atoms with E-state index in [0.717, 1.165) is 12.8 Å². The molecule has 1 aliphatic heterocycles. The number of carbonyl (C=O) groups excluding carboxylic acids is 2. The SMILES string of the molecule is O=C1CC[C@@H](C(=O)N[C@H](CC2CC2)C(=O)O)N1. The number of carbonyl (C=O) groups is 3. The van der Waals surface area contributed by atoms with Gasteiger partial charge in [-0.2, -0.15) is 0 Å². The molecule has 1 saturated heterocycles. The van der Waals surface area contributed by atoms with Gasteiger partial charge in [-0.3, -0.25) is 9.59 Å². The van der Waals surface area contributed by atoms with Crippen molar-refractivity contribution in [3.63, 3.8) is 0 Å². The van der Waals surface area contributed by atoms with Crippen molar-refractivity contribution >= 4 is 17.8 Å². The largest absolute Gasteiger partial charge is 0.480 e. The van der Waals surface area contributed by atoms with E-state index in [1.807, 2.05) is 0 Å². The van der Waals surface area contributed by atoms with Gasteiger partial charge in [-0.05, 0) is 18.8 Å². The van der Waals surface area contributed by atoms with Gasteiger partial charge < -0.3 is 15.7 Å². The van der Waals surface area contributed by atoms with Crippen LogP contribution < -0.4 is 10.6 Å². The average molecular weight is 240 g/mol. The summed E-state index contributed by atoms with van der Waals surface area (Å²) in [6.45, 7) is 0. The van der Waals surface area contributed by atoms with E-state index >= 15 is 0 Å². The van der Waals surface area contributed by atoms with Crippen molar-refractivity contribution in [2.45, 2.75) is 44.2 Å². The zero-order chi connectivity index (χ0) is 12.4. The molecule has 2 rings (SSSR count). The van der Waals surface area contributed by atoms with Crippen molar-refractivity contribution in [2.75, 3.05) is 0 Å². The topological polar surface area (TPSA) is 95.5 Å².